The Kier molecular flexibility index (Phi) is 7.79. The lowest BCUT2D eigenvalue weighted by Gasteiger charge is -2.26. The number of hydrogen-bond donors (Lipinski definition) is 2. The van der Waals surface area contributed by atoms with Gasteiger partial charge in [-0.25, -0.2) is 0 Å². The smallest absolute Gasteiger partial charge is 0.314 e. The molecule has 0 atom stereocenters. The van der Waals surface area contributed by atoms with E-state index in [1.54, 1.807) is 60.4 Å². The molecular weight excluding hydrogens is 458 g/mol. The SMILES string of the molecule is Cn1ncc(Cl)c1-c1cc(NC(=O)C(=O)Nc2ccccc2)ccc1OCCN1CCOCC1. The molecule has 178 valence electrons. The number of nitrogens with one attached hydrogen (secondary N) is 2. The van der Waals surface area contributed by atoms with E-state index in [0.717, 1.165) is 32.8 Å². The number of hydrogen-bond acceptors (Lipinski definition) is 6. The molecule has 1 fully saturated rings. The molecule has 1 aliphatic rings. The van der Waals surface area contributed by atoms with Crippen molar-refractivity contribution in [3.63, 3.8) is 0 Å². The van der Waals surface area contributed by atoms with E-state index in [0.29, 0.717) is 40.0 Å². The van der Waals surface area contributed by atoms with Gasteiger partial charge in [-0.05, 0) is 30.3 Å². The van der Waals surface area contributed by atoms with Crippen molar-refractivity contribution in [2.24, 2.45) is 7.05 Å². The van der Waals surface area contributed by atoms with Gasteiger partial charge >= 0.3 is 11.8 Å². The Morgan fingerprint density at radius 3 is 2.44 bits per heavy atom. The summed E-state index contributed by atoms with van der Waals surface area (Å²) in [4.78, 5) is 27.0. The maximum absolute atomic E-state index is 12.5. The fraction of sp³-hybridized carbons (Fsp3) is 0.292. The summed E-state index contributed by atoms with van der Waals surface area (Å²) >= 11 is 6.39. The van der Waals surface area contributed by atoms with Crippen molar-refractivity contribution in [3.05, 3.63) is 59.8 Å². The molecule has 9 nitrogen and oxygen atoms in total. The highest BCUT2D eigenvalue weighted by Crippen LogP contribution is 2.36. The van der Waals surface area contributed by atoms with Gasteiger partial charge in [0.15, 0.2) is 0 Å². The Balaban J connectivity index is 1.49. The molecule has 0 radical (unpaired) electrons. The molecule has 0 unspecified atom stereocenters. The molecular formula is C24H26ClN5O4. The quantitative estimate of drug-likeness (QED) is 0.501. The van der Waals surface area contributed by atoms with E-state index in [9.17, 15) is 9.59 Å². The summed E-state index contributed by atoms with van der Waals surface area (Å²) in [6.07, 6.45) is 1.55. The van der Waals surface area contributed by atoms with Crippen LogP contribution in [0.4, 0.5) is 11.4 Å². The number of halogens is 1. The van der Waals surface area contributed by atoms with E-state index >= 15 is 0 Å². The van der Waals surface area contributed by atoms with E-state index in [1.807, 2.05) is 6.07 Å². The number of anilines is 2. The van der Waals surface area contributed by atoms with Crippen molar-refractivity contribution in [1.82, 2.24) is 14.7 Å². The Morgan fingerprint density at radius 2 is 1.76 bits per heavy atom. The number of para-hydroxylation sites is 1. The number of carbonyl (C=O) groups excluding carboxylic acids is 2. The second-order valence-corrected chi connectivity index (χ2v) is 8.16. The average molecular weight is 484 g/mol. The van der Waals surface area contributed by atoms with Crippen LogP contribution in [0.2, 0.25) is 5.02 Å². The van der Waals surface area contributed by atoms with E-state index in [2.05, 4.69) is 20.6 Å². The van der Waals surface area contributed by atoms with Gasteiger partial charge in [0, 0.05) is 43.6 Å². The van der Waals surface area contributed by atoms with Crippen molar-refractivity contribution >= 4 is 34.8 Å². The lowest BCUT2D eigenvalue weighted by Crippen LogP contribution is -2.38. The number of nitrogens with zero attached hydrogens (tertiary/aromatic N) is 3. The van der Waals surface area contributed by atoms with Crippen molar-refractivity contribution in [2.75, 3.05) is 50.1 Å². The van der Waals surface area contributed by atoms with Crippen LogP contribution in [-0.4, -0.2) is 65.9 Å². The van der Waals surface area contributed by atoms with E-state index in [4.69, 9.17) is 21.1 Å². The number of rotatable bonds is 7. The van der Waals surface area contributed by atoms with Gasteiger partial charge in [-0.1, -0.05) is 29.8 Å². The van der Waals surface area contributed by atoms with Gasteiger partial charge in [0.1, 0.15) is 12.4 Å². The molecule has 2 amide bonds. The van der Waals surface area contributed by atoms with Gasteiger partial charge in [-0.2, -0.15) is 5.10 Å². The van der Waals surface area contributed by atoms with Crippen LogP contribution < -0.4 is 15.4 Å². The first-order valence-electron chi connectivity index (χ1n) is 10.9. The maximum atomic E-state index is 12.5. The number of carbonyl (C=O) groups is 2. The van der Waals surface area contributed by atoms with Gasteiger partial charge in [0.2, 0.25) is 0 Å². The highest BCUT2D eigenvalue weighted by Gasteiger charge is 2.19. The third-order valence-electron chi connectivity index (χ3n) is 5.39. The minimum absolute atomic E-state index is 0.431. The van der Waals surface area contributed by atoms with E-state index in [-0.39, 0.29) is 0 Å². The zero-order valence-electron chi connectivity index (χ0n) is 18.8. The second-order valence-electron chi connectivity index (χ2n) is 7.75. The monoisotopic (exact) mass is 483 g/mol. The predicted octanol–water partition coefficient (Wildman–Crippen LogP) is 3.03. The Bertz CT molecular complexity index is 1130. The van der Waals surface area contributed by atoms with E-state index in [1.165, 1.54) is 0 Å². The largest absolute Gasteiger partial charge is 0.492 e. The fourth-order valence-corrected chi connectivity index (χ4v) is 3.91. The second kappa shape index (κ2) is 11.1. The minimum atomic E-state index is -0.785. The first-order valence-corrected chi connectivity index (χ1v) is 11.3. The van der Waals surface area contributed by atoms with Crippen LogP contribution in [0.1, 0.15) is 0 Å². The number of aryl methyl sites for hydroxylation is 1. The molecule has 0 spiro atoms. The van der Waals surface area contributed by atoms with Crippen LogP contribution >= 0.6 is 11.6 Å². The predicted molar refractivity (Wildman–Crippen MR) is 130 cm³/mol. The molecule has 0 saturated carbocycles. The molecule has 1 aliphatic heterocycles. The number of morpholine rings is 1. The molecule has 4 rings (SSSR count). The highest BCUT2D eigenvalue weighted by molar-refractivity contribution is 6.43. The first-order chi connectivity index (χ1) is 16.5. The van der Waals surface area contributed by atoms with Gasteiger partial charge in [0.25, 0.3) is 0 Å². The van der Waals surface area contributed by atoms with Gasteiger partial charge in [-0.15, -0.1) is 0 Å². The Labute approximate surface area is 202 Å². The molecule has 2 N–H and O–H groups in total. The number of benzene rings is 2. The van der Waals surface area contributed by atoms with Gasteiger partial charge in [-0.3, -0.25) is 19.2 Å². The van der Waals surface area contributed by atoms with Crippen molar-refractivity contribution in [2.45, 2.75) is 0 Å². The lowest BCUT2D eigenvalue weighted by atomic mass is 10.1. The molecule has 0 aliphatic carbocycles. The van der Waals surface area contributed by atoms with Crippen LogP contribution in [0.25, 0.3) is 11.3 Å². The summed E-state index contributed by atoms with van der Waals surface area (Å²) in [5.74, 6) is -0.949. The van der Waals surface area contributed by atoms with Crippen LogP contribution in [0.3, 0.4) is 0 Å². The third kappa shape index (κ3) is 5.93. The van der Waals surface area contributed by atoms with Gasteiger partial charge < -0.3 is 20.1 Å². The highest BCUT2D eigenvalue weighted by atomic mass is 35.5. The average Bonchev–Trinajstić information content (AvgIpc) is 3.18. The molecule has 1 saturated heterocycles. The summed E-state index contributed by atoms with van der Waals surface area (Å²) < 4.78 is 13.1. The Hall–Kier alpha value is -3.40. The zero-order chi connectivity index (χ0) is 23.9. The van der Waals surface area contributed by atoms with Crippen LogP contribution in [0.15, 0.2) is 54.7 Å². The van der Waals surface area contributed by atoms with Gasteiger partial charge in [0.05, 0.1) is 30.1 Å². The molecule has 10 heteroatoms. The third-order valence-corrected chi connectivity index (χ3v) is 5.67. The maximum Gasteiger partial charge on any atom is 0.314 e. The molecule has 0 bridgehead atoms. The standard InChI is InChI=1S/C24H26ClN5O4/c1-29-22(20(25)16-26-29)19-15-18(28-24(32)23(31)27-17-5-3-2-4-6-17)7-8-21(19)34-14-11-30-9-12-33-13-10-30/h2-8,15-16H,9-14H2,1H3,(H,27,31)(H,28,32). The van der Waals surface area contributed by atoms with Crippen LogP contribution in [-0.2, 0) is 21.4 Å². The number of ether oxygens (including phenoxy) is 2. The Morgan fingerprint density at radius 1 is 1.06 bits per heavy atom. The molecule has 1 aromatic heterocycles. The topological polar surface area (TPSA) is 97.7 Å². The first kappa shape index (κ1) is 23.7. The summed E-state index contributed by atoms with van der Waals surface area (Å²) in [6, 6.07) is 13.9. The normalized spacial score (nSPS) is 13.9. The molecule has 34 heavy (non-hydrogen) atoms. The summed E-state index contributed by atoms with van der Waals surface area (Å²) in [7, 11) is 1.78. The van der Waals surface area contributed by atoms with Crippen LogP contribution in [0.5, 0.6) is 5.75 Å². The van der Waals surface area contributed by atoms with Crippen molar-refractivity contribution in [1.29, 1.82) is 0 Å². The van der Waals surface area contributed by atoms with Crippen molar-refractivity contribution in [3.8, 4) is 17.0 Å². The zero-order valence-corrected chi connectivity index (χ0v) is 19.5. The van der Waals surface area contributed by atoms with Crippen LogP contribution in [0, 0.1) is 0 Å². The summed E-state index contributed by atoms with van der Waals surface area (Å²) in [5, 5.41) is 9.86. The minimum Gasteiger partial charge on any atom is -0.492 e. The summed E-state index contributed by atoms with van der Waals surface area (Å²) in [5.41, 5.74) is 2.27. The number of amides is 2. The molecule has 2 heterocycles. The molecule has 2 aromatic carbocycles. The van der Waals surface area contributed by atoms with E-state index < -0.39 is 11.8 Å². The summed E-state index contributed by atoms with van der Waals surface area (Å²) in [6.45, 7) is 4.44. The number of aromatic nitrogens is 2. The van der Waals surface area contributed by atoms with Crippen molar-refractivity contribution < 1.29 is 19.1 Å². The fourth-order valence-electron chi connectivity index (χ4n) is 3.64. The molecule has 3 aromatic rings. The lowest BCUT2D eigenvalue weighted by molar-refractivity contribution is -0.132.